The minimum atomic E-state index is -0.676. The maximum Gasteiger partial charge on any atom is 0.296 e. The summed E-state index contributed by atoms with van der Waals surface area (Å²) in [4.78, 5) is 11.5. The fourth-order valence-corrected chi connectivity index (χ4v) is 3.88. The zero-order chi connectivity index (χ0) is 21.5. The molecule has 2 fully saturated rings. The molecule has 4 atom stereocenters. The van der Waals surface area contributed by atoms with Crippen LogP contribution in [-0.4, -0.2) is 57.7 Å². The molecular weight excluding hydrogens is 431 g/mol. The topological polar surface area (TPSA) is 123 Å². The highest BCUT2D eigenvalue weighted by atomic mass is 35.5. The third kappa shape index (κ3) is 3.66. The van der Waals surface area contributed by atoms with E-state index < -0.39 is 24.1 Å². The molecule has 0 amide bonds. The molecule has 0 bridgehead atoms. The quantitative estimate of drug-likeness (QED) is 0.611. The number of aliphatic hydroxyl groups is 1. The number of imidazole rings is 1. The van der Waals surface area contributed by atoms with Crippen LogP contribution in [0.3, 0.4) is 0 Å². The van der Waals surface area contributed by atoms with E-state index in [2.05, 4.69) is 15.0 Å². The number of aromatic nitrogens is 3. The first kappa shape index (κ1) is 20.0. The minimum Gasteiger partial charge on any atom is -0.472 e. The van der Waals surface area contributed by atoms with Gasteiger partial charge in [-0.25, -0.2) is 4.39 Å². The van der Waals surface area contributed by atoms with Gasteiger partial charge in [0, 0.05) is 5.56 Å². The van der Waals surface area contributed by atoms with Crippen LogP contribution >= 0.6 is 11.6 Å². The zero-order valence-corrected chi connectivity index (χ0v) is 16.7. The number of halogens is 2. The monoisotopic (exact) mass is 446 g/mol. The van der Waals surface area contributed by atoms with Gasteiger partial charge in [0.1, 0.15) is 35.8 Å². The van der Waals surface area contributed by atoms with E-state index in [1.54, 1.807) is 6.07 Å². The highest BCUT2D eigenvalue weighted by Crippen LogP contribution is 2.31. The van der Waals surface area contributed by atoms with Crippen LogP contribution < -0.4 is 9.47 Å². The molecule has 4 heterocycles. The molecule has 31 heavy (non-hydrogen) atoms. The minimum absolute atomic E-state index is 0.0471. The van der Waals surface area contributed by atoms with Crippen LogP contribution in [0.4, 0.5) is 4.39 Å². The Morgan fingerprint density at radius 2 is 2.13 bits per heavy atom. The van der Waals surface area contributed by atoms with Gasteiger partial charge in [-0.15, -0.1) is 0 Å². The summed E-state index contributed by atoms with van der Waals surface area (Å²) in [6.07, 6.45) is -1.91. The maximum absolute atomic E-state index is 14.1. The molecular formula is C20H16ClFN4O5. The molecule has 2 aliphatic heterocycles. The van der Waals surface area contributed by atoms with E-state index in [1.807, 2.05) is 6.07 Å². The second-order valence-electron chi connectivity index (χ2n) is 7.17. The number of H-pyrrole nitrogens is 1. The van der Waals surface area contributed by atoms with Gasteiger partial charge >= 0.3 is 0 Å². The summed E-state index contributed by atoms with van der Waals surface area (Å²) in [6, 6.07) is 7.89. The number of nitrogens with zero attached hydrogens (tertiary/aromatic N) is 3. The summed E-state index contributed by atoms with van der Waals surface area (Å²) < 4.78 is 36.5. The largest absolute Gasteiger partial charge is 0.472 e. The Morgan fingerprint density at radius 3 is 2.97 bits per heavy atom. The average Bonchev–Trinajstić information content (AvgIpc) is 3.44. The average molecular weight is 447 g/mol. The Kier molecular flexibility index (Phi) is 5.11. The predicted octanol–water partition coefficient (Wildman–Crippen LogP) is 2.11. The zero-order valence-electron chi connectivity index (χ0n) is 15.9. The van der Waals surface area contributed by atoms with E-state index in [1.165, 1.54) is 18.2 Å². The molecule has 9 nitrogen and oxygen atoms in total. The van der Waals surface area contributed by atoms with E-state index in [4.69, 9.17) is 35.8 Å². The summed E-state index contributed by atoms with van der Waals surface area (Å²) in [5.74, 6) is -0.506. The van der Waals surface area contributed by atoms with Crippen LogP contribution in [0.25, 0.3) is 11.2 Å². The number of hydrogen-bond acceptors (Lipinski definition) is 8. The molecule has 0 radical (unpaired) electrons. The second-order valence-corrected chi connectivity index (χ2v) is 7.58. The Morgan fingerprint density at radius 1 is 1.29 bits per heavy atom. The molecule has 3 aromatic rings. The van der Waals surface area contributed by atoms with Crippen LogP contribution in [0.5, 0.6) is 11.9 Å². The number of aromatic amines is 1. The maximum atomic E-state index is 14.1. The number of rotatable bonds is 5. The van der Waals surface area contributed by atoms with Gasteiger partial charge in [-0.05, 0) is 18.2 Å². The van der Waals surface area contributed by atoms with E-state index in [-0.39, 0.29) is 59.6 Å². The van der Waals surface area contributed by atoms with Gasteiger partial charge in [0.25, 0.3) is 6.01 Å². The lowest BCUT2D eigenvalue weighted by Gasteiger charge is -2.15. The summed E-state index contributed by atoms with van der Waals surface area (Å²) in [6.45, 7) is 0.238. The van der Waals surface area contributed by atoms with Crippen LogP contribution in [-0.2, 0) is 16.1 Å². The molecule has 1 aromatic carbocycles. The molecule has 11 heteroatoms. The fraction of sp³-hybridized carbons (Fsp3) is 0.350. The first-order valence-corrected chi connectivity index (χ1v) is 9.85. The van der Waals surface area contributed by atoms with Crippen molar-refractivity contribution in [2.45, 2.75) is 31.0 Å². The van der Waals surface area contributed by atoms with Crippen molar-refractivity contribution in [1.82, 2.24) is 15.0 Å². The van der Waals surface area contributed by atoms with Crippen LogP contribution in [0.2, 0.25) is 5.02 Å². The van der Waals surface area contributed by atoms with Gasteiger partial charge < -0.3 is 29.0 Å². The Labute approximate surface area is 180 Å². The number of ether oxygens (including phenoxy) is 4. The van der Waals surface area contributed by atoms with Gasteiger partial charge in [0.2, 0.25) is 5.88 Å². The van der Waals surface area contributed by atoms with Crippen molar-refractivity contribution in [3.05, 3.63) is 46.2 Å². The van der Waals surface area contributed by atoms with Crippen molar-refractivity contribution in [3.63, 3.8) is 0 Å². The van der Waals surface area contributed by atoms with Gasteiger partial charge in [-0.3, -0.25) is 0 Å². The van der Waals surface area contributed by atoms with Crippen molar-refractivity contribution in [2.75, 3.05) is 13.2 Å². The van der Waals surface area contributed by atoms with Crippen molar-refractivity contribution in [1.29, 1.82) is 5.26 Å². The van der Waals surface area contributed by atoms with Crippen LogP contribution in [0, 0.1) is 17.1 Å². The summed E-state index contributed by atoms with van der Waals surface area (Å²) >= 11 is 6.25. The number of pyridine rings is 1. The smallest absolute Gasteiger partial charge is 0.296 e. The third-order valence-electron chi connectivity index (χ3n) is 5.21. The van der Waals surface area contributed by atoms with Gasteiger partial charge in [0.15, 0.2) is 11.8 Å². The molecule has 160 valence electrons. The second kappa shape index (κ2) is 7.94. The normalized spacial score (nSPS) is 24.8. The number of benzene rings is 1. The first-order chi connectivity index (χ1) is 15.0. The van der Waals surface area contributed by atoms with E-state index in [0.29, 0.717) is 5.52 Å². The summed E-state index contributed by atoms with van der Waals surface area (Å²) in [7, 11) is 0. The molecule has 2 saturated heterocycles. The van der Waals surface area contributed by atoms with E-state index >= 15 is 0 Å². The van der Waals surface area contributed by atoms with Crippen LogP contribution in [0.15, 0.2) is 24.3 Å². The standard InChI is InChI=1S/C20H16ClFN4O5/c21-11-4-13-18(25-19(11)30-6-10-9(5-23)2-1-3-12(10)22)26-20(24-13)31-15-8-29-16-14(27)7-28-17(15)16/h1-4,14-17,27H,6-8H2,(H,24,25,26)/t14-,15-,16-,17-/m1/s1. The van der Waals surface area contributed by atoms with Crippen molar-refractivity contribution in [2.24, 2.45) is 0 Å². The molecule has 0 aliphatic carbocycles. The Bertz CT molecular complexity index is 1180. The van der Waals surface area contributed by atoms with Crippen molar-refractivity contribution in [3.8, 4) is 18.0 Å². The lowest BCUT2D eigenvalue weighted by molar-refractivity contribution is 0.00706. The first-order valence-electron chi connectivity index (χ1n) is 9.48. The number of nitrogens with one attached hydrogen (secondary N) is 1. The lowest BCUT2D eigenvalue weighted by Crippen LogP contribution is -2.34. The molecule has 0 unspecified atom stereocenters. The Balaban J connectivity index is 1.34. The number of aliphatic hydroxyl groups excluding tert-OH is 1. The molecule has 2 N–H and O–H groups in total. The van der Waals surface area contributed by atoms with Crippen LogP contribution in [0.1, 0.15) is 11.1 Å². The van der Waals surface area contributed by atoms with Gasteiger partial charge in [-0.1, -0.05) is 17.7 Å². The number of fused-ring (bicyclic) bond motifs is 2. The highest BCUT2D eigenvalue weighted by molar-refractivity contribution is 6.32. The SMILES string of the molecule is N#Cc1cccc(F)c1COc1nc2nc(O[C@@H]3CO[C@H]4[C@@H]3OC[C@H]4O)[nH]c2cc1Cl. The number of hydrogen-bond donors (Lipinski definition) is 2. The van der Waals surface area contributed by atoms with Crippen molar-refractivity contribution < 1.29 is 28.4 Å². The molecule has 0 saturated carbocycles. The molecule has 2 aliphatic rings. The molecule has 5 rings (SSSR count). The van der Waals surface area contributed by atoms with E-state index in [0.717, 1.165) is 0 Å². The van der Waals surface area contributed by atoms with Gasteiger partial charge in [0.05, 0.1) is 30.4 Å². The lowest BCUT2D eigenvalue weighted by atomic mass is 10.1. The van der Waals surface area contributed by atoms with Gasteiger partial charge in [-0.2, -0.15) is 15.2 Å². The highest BCUT2D eigenvalue weighted by Gasteiger charge is 2.48. The van der Waals surface area contributed by atoms with Crippen molar-refractivity contribution >= 4 is 22.8 Å². The summed E-state index contributed by atoms with van der Waals surface area (Å²) in [5, 5.41) is 19.2. The Hall–Kier alpha value is -2.97. The molecule has 0 spiro atoms. The fourth-order valence-electron chi connectivity index (χ4n) is 3.68. The third-order valence-corrected chi connectivity index (χ3v) is 5.48. The number of nitriles is 1. The van der Waals surface area contributed by atoms with E-state index in [9.17, 15) is 9.50 Å². The molecule has 2 aromatic heterocycles. The predicted molar refractivity (Wildman–Crippen MR) is 104 cm³/mol. The summed E-state index contributed by atoms with van der Waals surface area (Å²) in [5.41, 5.74) is 1.08.